The second kappa shape index (κ2) is 9.31. The number of aromatic carboxylic acids is 1. The molecule has 1 aromatic heterocycles. The number of hydrogen-bond acceptors (Lipinski definition) is 2. The summed E-state index contributed by atoms with van der Waals surface area (Å²) in [7, 11) is 0. The van der Waals surface area contributed by atoms with E-state index in [9.17, 15) is 4.79 Å². The quantitative estimate of drug-likeness (QED) is 0.826. The Morgan fingerprint density at radius 3 is 2.08 bits per heavy atom. The molecule has 0 aliphatic rings. The van der Waals surface area contributed by atoms with Gasteiger partial charge in [-0.3, -0.25) is 0 Å². The summed E-state index contributed by atoms with van der Waals surface area (Å²) >= 11 is 0. The molecule has 0 amide bonds. The van der Waals surface area contributed by atoms with Crippen molar-refractivity contribution in [3.8, 4) is 0 Å². The van der Waals surface area contributed by atoms with E-state index in [0.29, 0.717) is 0 Å². The van der Waals surface area contributed by atoms with Crippen LogP contribution in [0.1, 0.15) is 10.5 Å². The molecule has 0 atom stereocenters. The maximum atomic E-state index is 10.1. The van der Waals surface area contributed by atoms with Crippen molar-refractivity contribution >= 4 is 5.97 Å². The van der Waals surface area contributed by atoms with E-state index in [1.165, 1.54) is 12.3 Å². The molecule has 6 heteroatoms. The number of nitrogens with zero attached hydrogens (tertiary/aromatic N) is 1. The molecule has 0 aliphatic heterocycles. The van der Waals surface area contributed by atoms with Gasteiger partial charge >= 0.3 is 5.97 Å². The van der Waals surface area contributed by atoms with E-state index >= 15 is 0 Å². The molecule has 0 unspecified atom stereocenters. The van der Waals surface area contributed by atoms with Gasteiger partial charge in [-0.1, -0.05) is 6.07 Å². The van der Waals surface area contributed by atoms with E-state index in [1.54, 1.807) is 12.1 Å². The minimum Gasteiger partial charge on any atom is -0.477 e. The number of carboxylic acid groups (broad SMARTS) is 1. The van der Waals surface area contributed by atoms with E-state index in [4.69, 9.17) is 5.11 Å². The van der Waals surface area contributed by atoms with Crippen molar-refractivity contribution < 1.29 is 62.0 Å². The van der Waals surface area contributed by atoms with Gasteiger partial charge in [0, 0.05) is 58.3 Å². The van der Waals surface area contributed by atoms with Crippen LogP contribution in [0.3, 0.4) is 0 Å². The molecule has 0 fully saturated rings. The molecular formula is C6H5Cr3NO2. The van der Waals surface area contributed by atoms with Gasteiger partial charge in [0.15, 0.2) is 0 Å². The molecule has 0 spiro atoms. The standard InChI is InChI=1S/C6H5NO2.3Cr/c8-6(9)5-3-1-2-4-7-5;;;/h1-4H,(H,8,9);;;. The molecule has 1 aromatic rings. The maximum Gasteiger partial charge on any atom is 0.354 e. The number of carbonyl (C=O) groups is 1. The van der Waals surface area contributed by atoms with Crippen molar-refractivity contribution in [2.75, 3.05) is 0 Å². The zero-order valence-electron chi connectivity index (χ0n) is 5.84. The third-order valence-electron chi connectivity index (χ3n) is 0.884. The Balaban J connectivity index is -0.000000270. The Morgan fingerprint density at radius 2 is 1.83 bits per heavy atom. The van der Waals surface area contributed by atoms with Crippen LogP contribution in [0.15, 0.2) is 24.4 Å². The first kappa shape index (κ1) is 18.1. The van der Waals surface area contributed by atoms with Gasteiger partial charge in [-0.15, -0.1) is 0 Å². The van der Waals surface area contributed by atoms with E-state index in [0.717, 1.165) is 0 Å². The molecule has 1 N–H and O–H groups in total. The number of carboxylic acids is 1. The first-order chi connectivity index (χ1) is 4.30. The van der Waals surface area contributed by atoms with Crippen molar-refractivity contribution in [3.63, 3.8) is 0 Å². The van der Waals surface area contributed by atoms with Gasteiger partial charge < -0.3 is 5.11 Å². The second-order valence-corrected chi connectivity index (χ2v) is 1.52. The van der Waals surface area contributed by atoms with Crippen molar-refractivity contribution in [1.29, 1.82) is 0 Å². The minimum absolute atomic E-state index is 0. The van der Waals surface area contributed by atoms with Gasteiger partial charge in [0.2, 0.25) is 0 Å². The fourth-order valence-corrected chi connectivity index (χ4v) is 0.489. The molecule has 0 saturated carbocycles. The Hall–Kier alpha value is 0.217. The largest absolute Gasteiger partial charge is 0.477 e. The molecule has 12 heavy (non-hydrogen) atoms. The molecule has 0 saturated heterocycles. The van der Waals surface area contributed by atoms with Crippen LogP contribution in [0, 0.1) is 0 Å². The molecule has 0 bridgehead atoms. The summed E-state index contributed by atoms with van der Waals surface area (Å²) in [5, 5.41) is 8.32. The summed E-state index contributed by atoms with van der Waals surface area (Å²) in [5.74, 6) is -0.990. The molecule has 0 aliphatic carbocycles. The predicted molar refractivity (Wildman–Crippen MR) is 31.2 cm³/mol. The van der Waals surface area contributed by atoms with Gasteiger partial charge in [0.1, 0.15) is 5.69 Å². The second-order valence-electron chi connectivity index (χ2n) is 1.52. The van der Waals surface area contributed by atoms with Crippen LogP contribution in [0.25, 0.3) is 0 Å². The summed E-state index contributed by atoms with van der Waals surface area (Å²) in [6.07, 6.45) is 1.45. The molecule has 64 valence electrons. The van der Waals surface area contributed by atoms with Crippen LogP contribution in [-0.2, 0) is 52.1 Å². The Kier molecular flexibility index (Phi) is 14.0. The smallest absolute Gasteiger partial charge is 0.354 e. The number of hydrogen-bond donors (Lipinski definition) is 1. The van der Waals surface area contributed by atoms with Crippen molar-refractivity contribution in [2.24, 2.45) is 0 Å². The van der Waals surface area contributed by atoms with Crippen LogP contribution in [0.5, 0.6) is 0 Å². The SMILES string of the molecule is O=C(O)c1ccccn1.[Cr].[Cr].[Cr]. The number of pyridine rings is 1. The van der Waals surface area contributed by atoms with Crippen molar-refractivity contribution in [2.45, 2.75) is 0 Å². The van der Waals surface area contributed by atoms with Crippen molar-refractivity contribution in [1.82, 2.24) is 4.98 Å². The minimum atomic E-state index is -0.990. The van der Waals surface area contributed by atoms with Crippen molar-refractivity contribution in [3.05, 3.63) is 30.1 Å². The van der Waals surface area contributed by atoms with E-state index in [-0.39, 0.29) is 57.8 Å². The summed E-state index contributed by atoms with van der Waals surface area (Å²) < 4.78 is 0. The third kappa shape index (κ3) is 5.82. The topological polar surface area (TPSA) is 50.2 Å². The molecule has 1 heterocycles. The fraction of sp³-hybridized carbons (Fsp3) is 0. The first-order valence-electron chi connectivity index (χ1n) is 2.45. The number of aromatic nitrogens is 1. The fourth-order valence-electron chi connectivity index (χ4n) is 0.489. The maximum absolute atomic E-state index is 10.1. The zero-order valence-corrected chi connectivity index (χ0v) is 9.66. The summed E-state index contributed by atoms with van der Waals surface area (Å²) in [4.78, 5) is 13.7. The Bertz CT molecular complexity index is 217. The molecule has 0 radical (unpaired) electrons. The van der Waals surface area contributed by atoms with E-state index in [1.807, 2.05) is 0 Å². The summed E-state index contributed by atoms with van der Waals surface area (Å²) in [5.41, 5.74) is 0.0810. The van der Waals surface area contributed by atoms with Crippen LogP contribution >= 0.6 is 0 Å². The Labute approximate surface area is 103 Å². The van der Waals surface area contributed by atoms with Gasteiger partial charge in [0.25, 0.3) is 0 Å². The molecule has 0 aromatic carbocycles. The van der Waals surface area contributed by atoms with Gasteiger partial charge in [0.05, 0.1) is 0 Å². The predicted octanol–water partition coefficient (Wildman–Crippen LogP) is 0.772. The monoisotopic (exact) mass is 279 g/mol. The van der Waals surface area contributed by atoms with Crippen LogP contribution < -0.4 is 0 Å². The number of rotatable bonds is 1. The van der Waals surface area contributed by atoms with Crippen LogP contribution in [0.2, 0.25) is 0 Å². The van der Waals surface area contributed by atoms with Gasteiger partial charge in [-0.05, 0) is 12.1 Å². The average Bonchev–Trinajstić information content (AvgIpc) is 1.90. The molecule has 3 nitrogen and oxygen atoms in total. The Morgan fingerprint density at radius 1 is 1.25 bits per heavy atom. The average molecular weight is 279 g/mol. The molecule has 1 rings (SSSR count). The third-order valence-corrected chi connectivity index (χ3v) is 0.884. The zero-order chi connectivity index (χ0) is 6.69. The normalized spacial score (nSPS) is 6.67. The summed E-state index contributed by atoms with van der Waals surface area (Å²) in [6.45, 7) is 0. The van der Waals surface area contributed by atoms with E-state index < -0.39 is 5.97 Å². The van der Waals surface area contributed by atoms with Crippen LogP contribution in [0.4, 0.5) is 0 Å². The summed E-state index contributed by atoms with van der Waals surface area (Å²) in [6, 6.07) is 4.76. The molecular weight excluding hydrogens is 274 g/mol. The first-order valence-corrected chi connectivity index (χ1v) is 2.45. The van der Waals surface area contributed by atoms with Crippen LogP contribution in [-0.4, -0.2) is 16.1 Å². The van der Waals surface area contributed by atoms with E-state index in [2.05, 4.69) is 4.98 Å². The van der Waals surface area contributed by atoms with Gasteiger partial charge in [-0.25, -0.2) is 9.78 Å². The van der Waals surface area contributed by atoms with Gasteiger partial charge in [-0.2, -0.15) is 0 Å².